The van der Waals surface area contributed by atoms with Crippen molar-refractivity contribution in [2.75, 3.05) is 23.7 Å². The first-order valence-corrected chi connectivity index (χ1v) is 12.8. The summed E-state index contributed by atoms with van der Waals surface area (Å²) in [6.07, 6.45) is 0. The van der Waals surface area contributed by atoms with Gasteiger partial charge in [0.25, 0.3) is 20.0 Å². The van der Waals surface area contributed by atoms with E-state index >= 15 is 0 Å². The molecule has 0 saturated heterocycles. The molecule has 4 rings (SSSR count). The molecule has 0 amide bonds. The Balaban J connectivity index is 1.57. The van der Waals surface area contributed by atoms with E-state index in [2.05, 4.69) is 19.4 Å². The van der Waals surface area contributed by atoms with E-state index in [0.717, 1.165) is 5.39 Å². The summed E-state index contributed by atoms with van der Waals surface area (Å²) in [5, 5.41) is 1.37. The third-order valence-electron chi connectivity index (χ3n) is 4.77. The molecular formula is C22H20N4O6S2. The van der Waals surface area contributed by atoms with Crippen LogP contribution >= 0.6 is 0 Å². The van der Waals surface area contributed by atoms with Gasteiger partial charge >= 0.3 is 6.01 Å². The van der Waals surface area contributed by atoms with E-state index in [9.17, 15) is 16.8 Å². The fraction of sp³-hybridized carbons (Fsp3) is 0.0909. The predicted molar refractivity (Wildman–Crippen MR) is 127 cm³/mol. The van der Waals surface area contributed by atoms with E-state index < -0.39 is 20.0 Å². The van der Waals surface area contributed by atoms with Crippen molar-refractivity contribution in [3.05, 3.63) is 72.8 Å². The number of aromatic nitrogens is 2. The molecule has 3 aromatic carbocycles. The molecule has 176 valence electrons. The molecule has 0 radical (unpaired) electrons. The van der Waals surface area contributed by atoms with Gasteiger partial charge in [0.15, 0.2) is 5.82 Å². The largest absolute Gasteiger partial charge is 0.481 e. The summed E-state index contributed by atoms with van der Waals surface area (Å²) < 4.78 is 66.3. The van der Waals surface area contributed by atoms with Crippen molar-refractivity contribution >= 4 is 42.3 Å². The molecule has 34 heavy (non-hydrogen) atoms. The number of benzene rings is 3. The topological polar surface area (TPSA) is 137 Å². The molecule has 10 nitrogen and oxygen atoms in total. The third-order valence-corrected chi connectivity index (χ3v) is 7.58. The Labute approximate surface area is 196 Å². The number of nitrogens with one attached hydrogen (secondary N) is 2. The number of hydrogen-bond acceptors (Lipinski definition) is 8. The molecule has 4 aromatic rings. The van der Waals surface area contributed by atoms with Crippen LogP contribution in [0.5, 0.6) is 11.9 Å². The Morgan fingerprint density at radius 2 is 1.44 bits per heavy atom. The smallest absolute Gasteiger partial charge is 0.321 e. The maximum Gasteiger partial charge on any atom is 0.321 e. The molecule has 0 atom stereocenters. The number of hydrogen-bond donors (Lipinski definition) is 2. The number of rotatable bonds is 8. The van der Waals surface area contributed by atoms with Crippen LogP contribution < -0.4 is 18.9 Å². The first-order chi connectivity index (χ1) is 16.2. The van der Waals surface area contributed by atoms with Crippen LogP contribution in [0.15, 0.2) is 82.6 Å². The highest BCUT2D eigenvalue weighted by atomic mass is 32.2. The highest BCUT2D eigenvalue weighted by molar-refractivity contribution is 7.93. The molecule has 0 aliphatic rings. The SMILES string of the molecule is COc1cc(NS(=O)(=O)c2ccc(NS(=O)(=O)c3cccc4ccccc34)cc2)nc(OC)n1. The van der Waals surface area contributed by atoms with Crippen molar-refractivity contribution in [1.82, 2.24) is 9.97 Å². The first-order valence-electron chi connectivity index (χ1n) is 9.82. The van der Waals surface area contributed by atoms with Gasteiger partial charge in [0.05, 0.1) is 24.0 Å². The van der Waals surface area contributed by atoms with Gasteiger partial charge in [0.2, 0.25) is 5.88 Å². The minimum atomic E-state index is -4.03. The second-order valence-electron chi connectivity index (χ2n) is 6.99. The summed E-state index contributed by atoms with van der Waals surface area (Å²) >= 11 is 0. The van der Waals surface area contributed by atoms with Gasteiger partial charge in [0, 0.05) is 17.1 Å². The second kappa shape index (κ2) is 9.15. The van der Waals surface area contributed by atoms with Gasteiger partial charge in [-0.1, -0.05) is 36.4 Å². The van der Waals surface area contributed by atoms with Crippen molar-refractivity contribution in [1.29, 1.82) is 0 Å². The minimum absolute atomic E-state index is 0.0514. The summed E-state index contributed by atoms with van der Waals surface area (Å²) in [4.78, 5) is 7.87. The summed E-state index contributed by atoms with van der Waals surface area (Å²) in [5.74, 6) is 0.0622. The van der Waals surface area contributed by atoms with Crippen molar-refractivity contribution in [3.63, 3.8) is 0 Å². The number of methoxy groups -OCH3 is 2. The van der Waals surface area contributed by atoms with Crippen LogP contribution in [-0.2, 0) is 20.0 Å². The van der Waals surface area contributed by atoms with Crippen LogP contribution in [0.2, 0.25) is 0 Å². The maximum atomic E-state index is 13.0. The lowest BCUT2D eigenvalue weighted by molar-refractivity contribution is 0.353. The molecule has 0 saturated carbocycles. The highest BCUT2D eigenvalue weighted by Gasteiger charge is 2.20. The third kappa shape index (κ3) is 4.87. The van der Waals surface area contributed by atoms with Crippen LogP contribution in [0.4, 0.5) is 11.5 Å². The van der Waals surface area contributed by atoms with Gasteiger partial charge in [-0.05, 0) is 35.7 Å². The average Bonchev–Trinajstić information content (AvgIpc) is 2.83. The van der Waals surface area contributed by atoms with Crippen molar-refractivity contribution in [2.24, 2.45) is 0 Å². The van der Waals surface area contributed by atoms with Gasteiger partial charge in [0.1, 0.15) is 0 Å². The molecule has 0 aliphatic carbocycles. The van der Waals surface area contributed by atoms with Crippen molar-refractivity contribution < 1.29 is 26.3 Å². The lowest BCUT2D eigenvalue weighted by Crippen LogP contribution is -2.15. The molecule has 2 N–H and O–H groups in total. The molecule has 0 aliphatic heterocycles. The molecule has 0 unspecified atom stereocenters. The van der Waals surface area contributed by atoms with Gasteiger partial charge in [-0.3, -0.25) is 9.44 Å². The zero-order chi connectivity index (χ0) is 24.3. The Morgan fingerprint density at radius 1 is 0.735 bits per heavy atom. The zero-order valence-corrected chi connectivity index (χ0v) is 19.7. The summed E-state index contributed by atoms with van der Waals surface area (Å²) in [6, 6.07) is 18.6. The average molecular weight is 501 g/mol. The zero-order valence-electron chi connectivity index (χ0n) is 18.1. The normalized spacial score (nSPS) is 11.7. The summed E-state index contributed by atoms with van der Waals surface area (Å²) in [7, 11) is -5.23. The predicted octanol–water partition coefficient (Wildman–Crippen LogP) is 3.25. The Kier molecular flexibility index (Phi) is 6.26. The Morgan fingerprint density at radius 3 is 2.15 bits per heavy atom. The van der Waals surface area contributed by atoms with Crippen LogP contribution in [0, 0.1) is 0 Å². The minimum Gasteiger partial charge on any atom is -0.481 e. The van der Waals surface area contributed by atoms with E-state index in [1.54, 1.807) is 18.2 Å². The van der Waals surface area contributed by atoms with Gasteiger partial charge in [-0.15, -0.1) is 0 Å². The number of fused-ring (bicyclic) bond motifs is 1. The number of sulfonamides is 2. The van der Waals surface area contributed by atoms with Crippen LogP contribution in [0.1, 0.15) is 0 Å². The second-order valence-corrected chi connectivity index (χ2v) is 10.3. The van der Waals surface area contributed by atoms with Crippen LogP contribution in [-0.4, -0.2) is 41.0 Å². The molecule has 12 heteroatoms. The summed E-state index contributed by atoms with van der Waals surface area (Å²) in [6.45, 7) is 0. The lowest BCUT2D eigenvalue weighted by atomic mass is 10.1. The van der Waals surface area contributed by atoms with Gasteiger partial charge in [-0.2, -0.15) is 9.97 Å². The lowest BCUT2D eigenvalue weighted by Gasteiger charge is -2.12. The van der Waals surface area contributed by atoms with Gasteiger partial charge < -0.3 is 9.47 Å². The highest BCUT2D eigenvalue weighted by Crippen LogP contribution is 2.26. The molecule has 1 heterocycles. The quantitative estimate of drug-likeness (QED) is 0.376. The maximum absolute atomic E-state index is 13.0. The molecule has 1 aromatic heterocycles. The van der Waals surface area contributed by atoms with E-state index in [4.69, 9.17) is 9.47 Å². The summed E-state index contributed by atoms with van der Waals surface area (Å²) in [5.41, 5.74) is 0.206. The van der Waals surface area contributed by atoms with E-state index in [1.165, 1.54) is 50.6 Å². The van der Waals surface area contributed by atoms with E-state index in [-0.39, 0.29) is 33.2 Å². The van der Waals surface area contributed by atoms with Crippen molar-refractivity contribution in [2.45, 2.75) is 9.79 Å². The monoisotopic (exact) mass is 500 g/mol. The fourth-order valence-electron chi connectivity index (χ4n) is 3.19. The molecule has 0 spiro atoms. The fourth-order valence-corrected chi connectivity index (χ4v) is 5.47. The number of nitrogens with zero attached hydrogens (tertiary/aromatic N) is 2. The molecule has 0 bridgehead atoms. The first kappa shape index (κ1) is 23.3. The van der Waals surface area contributed by atoms with E-state index in [0.29, 0.717) is 5.39 Å². The van der Waals surface area contributed by atoms with Gasteiger partial charge in [-0.25, -0.2) is 16.8 Å². The number of anilines is 2. The molecule has 0 fully saturated rings. The Bertz CT molecular complexity index is 1530. The number of ether oxygens (including phenoxy) is 2. The van der Waals surface area contributed by atoms with Crippen LogP contribution in [0.25, 0.3) is 10.8 Å². The standard InChI is InChI=1S/C22H20N4O6S2/c1-31-21-14-20(23-22(24-21)32-2)26-33(27,28)17-12-10-16(11-13-17)25-34(29,30)19-9-5-7-15-6-3-4-8-18(15)19/h3-14,25H,1-2H3,(H,23,24,26). The Hall–Kier alpha value is -3.90. The van der Waals surface area contributed by atoms with Crippen LogP contribution in [0.3, 0.4) is 0 Å². The van der Waals surface area contributed by atoms with Crippen molar-refractivity contribution in [3.8, 4) is 11.9 Å². The van der Waals surface area contributed by atoms with E-state index in [1.807, 2.05) is 18.2 Å². The molecular weight excluding hydrogens is 480 g/mol.